The molecule has 3 heteroatoms. The van der Waals surface area contributed by atoms with Gasteiger partial charge in [-0.3, -0.25) is 0 Å². The first-order valence-corrected chi connectivity index (χ1v) is 5.52. The SMILES string of the molecule is Cc1cc(=S)sc(-c2ccccc2)n1. The first-order chi connectivity index (χ1) is 6.75. The normalized spacial score (nSPS) is 10.1. The van der Waals surface area contributed by atoms with Crippen molar-refractivity contribution in [3.05, 3.63) is 45.9 Å². The van der Waals surface area contributed by atoms with Gasteiger partial charge < -0.3 is 0 Å². The minimum Gasteiger partial charge on any atom is -0.242 e. The lowest BCUT2D eigenvalue weighted by Gasteiger charge is -1.99. The van der Waals surface area contributed by atoms with Crippen molar-refractivity contribution in [1.82, 2.24) is 4.98 Å². The lowest BCUT2D eigenvalue weighted by Crippen LogP contribution is -1.83. The highest BCUT2D eigenvalue weighted by Crippen LogP contribution is 2.22. The molecule has 1 aromatic carbocycles. The summed E-state index contributed by atoms with van der Waals surface area (Å²) < 4.78 is 0.886. The maximum absolute atomic E-state index is 5.17. The monoisotopic (exact) mass is 219 g/mol. The molecule has 14 heavy (non-hydrogen) atoms. The molecule has 0 N–H and O–H groups in total. The van der Waals surface area contributed by atoms with Gasteiger partial charge in [0, 0.05) is 11.3 Å². The summed E-state index contributed by atoms with van der Waals surface area (Å²) in [5.74, 6) is 0. The first kappa shape index (κ1) is 9.49. The molecule has 0 saturated heterocycles. The number of aromatic nitrogens is 1. The van der Waals surface area contributed by atoms with Crippen molar-refractivity contribution in [3.63, 3.8) is 0 Å². The van der Waals surface area contributed by atoms with Gasteiger partial charge in [-0.1, -0.05) is 42.5 Å². The predicted molar refractivity (Wildman–Crippen MR) is 63.1 cm³/mol. The van der Waals surface area contributed by atoms with Crippen molar-refractivity contribution >= 4 is 23.6 Å². The highest BCUT2D eigenvalue weighted by molar-refractivity contribution is 7.73. The van der Waals surface area contributed by atoms with Crippen LogP contribution in [0.5, 0.6) is 0 Å². The summed E-state index contributed by atoms with van der Waals surface area (Å²) >= 11 is 6.71. The topological polar surface area (TPSA) is 12.9 Å². The Morgan fingerprint density at radius 2 is 1.93 bits per heavy atom. The molecular formula is C11H9NS2. The molecule has 0 aliphatic heterocycles. The molecule has 0 saturated carbocycles. The van der Waals surface area contributed by atoms with E-state index in [2.05, 4.69) is 4.98 Å². The van der Waals surface area contributed by atoms with Crippen molar-refractivity contribution in [3.8, 4) is 10.6 Å². The number of benzene rings is 1. The molecule has 1 heterocycles. The average molecular weight is 219 g/mol. The quantitative estimate of drug-likeness (QED) is 0.676. The Hall–Kier alpha value is -1.06. The molecule has 1 aromatic heterocycles. The van der Waals surface area contributed by atoms with Crippen molar-refractivity contribution in [2.24, 2.45) is 0 Å². The fourth-order valence-corrected chi connectivity index (χ4v) is 2.49. The second-order valence-electron chi connectivity index (χ2n) is 2.99. The molecule has 0 amide bonds. The zero-order chi connectivity index (χ0) is 9.97. The summed E-state index contributed by atoms with van der Waals surface area (Å²) in [6.07, 6.45) is 0. The summed E-state index contributed by atoms with van der Waals surface area (Å²) in [6.45, 7) is 1.97. The van der Waals surface area contributed by atoms with Crippen LogP contribution in [0.1, 0.15) is 5.69 Å². The Morgan fingerprint density at radius 3 is 2.57 bits per heavy atom. The number of aryl methyl sites for hydroxylation is 1. The van der Waals surface area contributed by atoms with Gasteiger partial charge in [-0.25, -0.2) is 4.98 Å². The molecule has 2 aromatic rings. The van der Waals surface area contributed by atoms with Crippen LogP contribution in [-0.4, -0.2) is 4.98 Å². The summed E-state index contributed by atoms with van der Waals surface area (Å²) in [6, 6.07) is 12.0. The van der Waals surface area contributed by atoms with Crippen LogP contribution >= 0.6 is 23.6 Å². The van der Waals surface area contributed by atoms with Gasteiger partial charge >= 0.3 is 0 Å². The van der Waals surface area contributed by atoms with E-state index in [9.17, 15) is 0 Å². The van der Waals surface area contributed by atoms with Crippen LogP contribution < -0.4 is 0 Å². The van der Waals surface area contributed by atoms with Crippen molar-refractivity contribution in [1.29, 1.82) is 0 Å². The molecule has 2 rings (SSSR count). The van der Waals surface area contributed by atoms with Crippen LogP contribution in [0.3, 0.4) is 0 Å². The van der Waals surface area contributed by atoms with E-state index in [1.54, 1.807) is 11.3 Å². The summed E-state index contributed by atoms with van der Waals surface area (Å²) in [4.78, 5) is 4.46. The Kier molecular flexibility index (Phi) is 2.70. The third-order valence-electron chi connectivity index (χ3n) is 1.82. The van der Waals surface area contributed by atoms with Crippen LogP contribution in [0, 0.1) is 10.7 Å². The highest BCUT2D eigenvalue weighted by atomic mass is 32.1. The van der Waals surface area contributed by atoms with Crippen molar-refractivity contribution < 1.29 is 0 Å². The Morgan fingerprint density at radius 1 is 1.21 bits per heavy atom. The van der Waals surface area contributed by atoms with Crippen LogP contribution in [0.15, 0.2) is 36.4 Å². The minimum absolute atomic E-state index is 0.886. The Bertz CT molecular complexity index is 488. The number of nitrogens with zero attached hydrogens (tertiary/aromatic N) is 1. The first-order valence-electron chi connectivity index (χ1n) is 4.30. The van der Waals surface area contributed by atoms with E-state index in [-0.39, 0.29) is 0 Å². The minimum atomic E-state index is 0.886. The molecule has 0 spiro atoms. The third-order valence-corrected chi connectivity index (χ3v) is 3.03. The molecule has 0 radical (unpaired) electrons. The molecule has 70 valence electrons. The fraction of sp³-hybridized carbons (Fsp3) is 0.0909. The van der Waals surface area contributed by atoms with Crippen molar-refractivity contribution in [2.45, 2.75) is 6.92 Å². The molecule has 0 aliphatic rings. The smallest absolute Gasteiger partial charge is 0.124 e. The van der Waals surface area contributed by atoms with E-state index in [0.717, 1.165) is 20.1 Å². The highest BCUT2D eigenvalue weighted by Gasteiger charge is 1.99. The van der Waals surface area contributed by atoms with Crippen LogP contribution in [0.25, 0.3) is 10.6 Å². The van der Waals surface area contributed by atoms with E-state index < -0.39 is 0 Å². The predicted octanol–water partition coefficient (Wildman–Crippen LogP) is 3.85. The lowest BCUT2D eigenvalue weighted by atomic mass is 10.2. The summed E-state index contributed by atoms with van der Waals surface area (Å²) in [5.41, 5.74) is 2.11. The summed E-state index contributed by atoms with van der Waals surface area (Å²) in [5, 5.41) is 0.996. The number of rotatable bonds is 1. The largest absolute Gasteiger partial charge is 0.242 e. The fourth-order valence-electron chi connectivity index (χ4n) is 1.21. The van der Waals surface area contributed by atoms with Crippen LogP contribution in [0.2, 0.25) is 0 Å². The van der Waals surface area contributed by atoms with E-state index in [1.165, 1.54) is 0 Å². The van der Waals surface area contributed by atoms with Gasteiger partial charge in [0.1, 0.15) is 5.01 Å². The van der Waals surface area contributed by atoms with E-state index in [4.69, 9.17) is 12.2 Å². The van der Waals surface area contributed by atoms with Gasteiger partial charge in [0.05, 0.1) is 3.82 Å². The lowest BCUT2D eigenvalue weighted by molar-refractivity contribution is 1.24. The van der Waals surface area contributed by atoms with Gasteiger partial charge in [-0.15, -0.1) is 11.3 Å². The van der Waals surface area contributed by atoms with Crippen LogP contribution in [0.4, 0.5) is 0 Å². The van der Waals surface area contributed by atoms with Gasteiger partial charge in [-0.2, -0.15) is 0 Å². The molecular weight excluding hydrogens is 210 g/mol. The Labute approximate surface area is 92.1 Å². The van der Waals surface area contributed by atoms with Crippen LogP contribution in [-0.2, 0) is 0 Å². The standard InChI is InChI=1S/C11H9NS2/c1-8-7-10(13)14-11(12-8)9-5-3-2-4-6-9/h2-7H,1H3. The van der Waals surface area contributed by atoms with E-state index in [0.29, 0.717) is 0 Å². The molecule has 0 bridgehead atoms. The summed E-state index contributed by atoms with van der Waals surface area (Å²) in [7, 11) is 0. The average Bonchev–Trinajstić information content (AvgIpc) is 2.18. The third kappa shape index (κ3) is 2.05. The second kappa shape index (κ2) is 3.98. The molecule has 0 fully saturated rings. The van der Waals surface area contributed by atoms with Crippen molar-refractivity contribution in [2.75, 3.05) is 0 Å². The molecule has 1 nitrogen and oxygen atoms in total. The molecule has 0 unspecified atom stereocenters. The number of hydrogen-bond acceptors (Lipinski definition) is 3. The molecule has 0 aliphatic carbocycles. The Balaban J connectivity index is 2.58. The van der Waals surface area contributed by atoms with Gasteiger partial charge in [0.15, 0.2) is 0 Å². The second-order valence-corrected chi connectivity index (χ2v) is 4.72. The van der Waals surface area contributed by atoms with Gasteiger partial charge in [0.25, 0.3) is 0 Å². The van der Waals surface area contributed by atoms with E-state index in [1.807, 2.05) is 43.3 Å². The molecule has 0 atom stereocenters. The van der Waals surface area contributed by atoms with E-state index >= 15 is 0 Å². The van der Waals surface area contributed by atoms with Gasteiger partial charge in [0.2, 0.25) is 0 Å². The van der Waals surface area contributed by atoms with Gasteiger partial charge in [-0.05, 0) is 13.0 Å². The maximum Gasteiger partial charge on any atom is 0.124 e. The zero-order valence-electron chi connectivity index (χ0n) is 7.73. The number of hydrogen-bond donors (Lipinski definition) is 0. The zero-order valence-corrected chi connectivity index (χ0v) is 9.36. The maximum atomic E-state index is 5.17.